The molecule has 8 heteroatoms. The molecule has 1 amide bonds. The Morgan fingerprint density at radius 2 is 2.04 bits per heavy atom. The van der Waals surface area contributed by atoms with Gasteiger partial charge < -0.3 is 5.32 Å². The number of thioether (sulfide) groups is 1. The zero-order valence-corrected chi connectivity index (χ0v) is 15.0. The molecule has 0 saturated carbocycles. The van der Waals surface area contributed by atoms with E-state index in [9.17, 15) is 4.79 Å². The lowest BCUT2D eigenvalue weighted by Gasteiger charge is -2.12. The van der Waals surface area contributed by atoms with Crippen molar-refractivity contribution in [2.45, 2.75) is 23.9 Å². The third-order valence-corrected chi connectivity index (χ3v) is 4.72. The molecule has 0 fully saturated rings. The number of aromatic nitrogens is 4. The summed E-state index contributed by atoms with van der Waals surface area (Å²) < 4.78 is 1.57. The lowest BCUT2D eigenvalue weighted by molar-refractivity contribution is -0.120. The molecule has 6 nitrogen and oxygen atoms in total. The summed E-state index contributed by atoms with van der Waals surface area (Å²) in [7, 11) is 0. The van der Waals surface area contributed by atoms with Gasteiger partial charge in [-0.05, 0) is 41.1 Å². The van der Waals surface area contributed by atoms with Gasteiger partial charge >= 0.3 is 0 Å². The van der Waals surface area contributed by atoms with E-state index in [1.165, 1.54) is 11.8 Å². The number of nitrogens with one attached hydrogen (secondary N) is 1. The Kier molecular flexibility index (Phi) is 5.67. The van der Waals surface area contributed by atoms with Crippen LogP contribution in [0.2, 0.25) is 5.02 Å². The molecule has 0 unspecified atom stereocenters. The van der Waals surface area contributed by atoms with Crippen LogP contribution in [0.4, 0.5) is 0 Å². The first kappa shape index (κ1) is 17.4. The van der Waals surface area contributed by atoms with Crippen LogP contribution in [0.5, 0.6) is 0 Å². The highest BCUT2D eigenvalue weighted by molar-refractivity contribution is 8.00. The fourth-order valence-electron chi connectivity index (χ4n) is 2.16. The number of nitrogens with zero attached hydrogens (tertiary/aromatic N) is 4. The molecule has 1 N–H and O–H groups in total. The van der Waals surface area contributed by atoms with Crippen molar-refractivity contribution in [3.8, 4) is 5.69 Å². The van der Waals surface area contributed by atoms with Crippen LogP contribution < -0.4 is 5.32 Å². The zero-order chi connectivity index (χ0) is 17.6. The average Bonchev–Trinajstić information content (AvgIpc) is 3.08. The van der Waals surface area contributed by atoms with Crippen LogP contribution in [0, 0.1) is 0 Å². The third kappa shape index (κ3) is 4.58. The largest absolute Gasteiger partial charge is 0.351 e. The van der Waals surface area contributed by atoms with Crippen LogP contribution >= 0.6 is 23.4 Å². The zero-order valence-electron chi connectivity index (χ0n) is 13.5. The van der Waals surface area contributed by atoms with Crippen molar-refractivity contribution in [3.63, 3.8) is 0 Å². The van der Waals surface area contributed by atoms with Crippen molar-refractivity contribution in [1.29, 1.82) is 0 Å². The van der Waals surface area contributed by atoms with Gasteiger partial charge in [0.25, 0.3) is 0 Å². The fraction of sp³-hybridized carbons (Fsp3) is 0.176. The summed E-state index contributed by atoms with van der Waals surface area (Å²) in [5.41, 5.74) is 1.80. The molecule has 2 aromatic carbocycles. The number of tetrazole rings is 1. The highest BCUT2D eigenvalue weighted by atomic mass is 35.5. The summed E-state index contributed by atoms with van der Waals surface area (Å²) in [6, 6.07) is 17.0. The van der Waals surface area contributed by atoms with E-state index in [1.54, 1.807) is 16.8 Å². The minimum Gasteiger partial charge on any atom is -0.351 e. The number of amides is 1. The van der Waals surface area contributed by atoms with Crippen molar-refractivity contribution < 1.29 is 4.79 Å². The molecular formula is C17H16ClN5OS. The second-order valence-electron chi connectivity index (χ2n) is 5.32. The Morgan fingerprint density at radius 3 is 2.80 bits per heavy atom. The van der Waals surface area contributed by atoms with Crippen molar-refractivity contribution in [2.75, 3.05) is 0 Å². The Bertz CT molecular complexity index is 855. The van der Waals surface area contributed by atoms with Crippen LogP contribution in [-0.2, 0) is 11.3 Å². The first-order valence-corrected chi connectivity index (χ1v) is 8.92. The maximum atomic E-state index is 12.3. The quantitative estimate of drug-likeness (QED) is 0.672. The normalized spacial score (nSPS) is 11.9. The number of carbonyl (C=O) groups excluding carboxylic acids is 1. The molecule has 1 atom stereocenters. The Morgan fingerprint density at radius 1 is 1.24 bits per heavy atom. The maximum absolute atomic E-state index is 12.3. The maximum Gasteiger partial charge on any atom is 0.233 e. The van der Waals surface area contributed by atoms with Gasteiger partial charge in [-0.15, -0.1) is 5.10 Å². The fourth-order valence-corrected chi connectivity index (χ4v) is 3.18. The highest BCUT2D eigenvalue weighted by Crippen LogP contribution is 2.24. The lowest BCUT2D eigenvalue weighted by atomic mass is 10.2. The number of rotatable bonds is 6. The van der Waals surface area contributed by atoms with Crippen LogP contribution in [0.3, 0.4) is 0 Å². The van der Waals surface area contributed by atoms with Gasteiger partial charge in [-0.1, -0.05) is 59.8 Å². The van der Waals surface area contributed by atoms with E-state index in [4.69, 9.17) is 11.6 Å². The third-order valence-electron chi connectivity index (χ3n) is 3.45. The number of halogens is 1. The van der Waals surface area contributed by atoms with Crippen LogP contribution in [0.1, 0.15) is 12.5 Å². The molecule has 0 aliphatic rings. The summed E-state index contributed by atoms with van der Waals surface area (Å²) in [5.74, 6) is -0.0745. The summed E-state index contributed by atoms with van der Waals surface area (Å²) in [4.78, 5) is 12.3. The second kappa shape index (κ2) is 8.13. The second-order valence-corrected chi connectivity index (χ2v) is 7.06. The van der Waals surface area contributed by atoms with Crippen LogP contribution in [0.15, 0.2) is 59.8 Å². The molecule has 3 rings (SSSR count). The molecule has 1 heterocycles. The van der Waals surface area contributed by atoms with Crippen molar-refractivity contribution >= 4 is 29.3 Å². The molecule has 0 aliphatic carbocycles. The van der Waals surface area contributed by atoms with Gasteiger partial charge in [-0.25, -0.2) is 0 Å². The molecule has 25 heavy (non-hydrogen) atoms. The summed E-state index contributed by atoms with van der Waals surface area (Å²) >= 11 is 7.31. The number of hydrogen-bond donors (Lipinski definition) is 1. The predicted octanol–water partition coefficient (Wildman–Crippen LogP) is 3.11. The molecule has 1 aromatic heterocycles. The molecule has 0 spiro atoms. The molecule has 128 valence electrons. The van der Waals surface area contributed by atoms with Gasteiger partial charge in [-0.2, -0.15) is 4.68 Å². The number of hydrogen-bond acceptors (Lipinski definition) is 5. The smallest absolute Gasteiger partial charge is 0.233 e. The van der Waals surface area contributed by atoms with Gasteiger partial charge in [0, 0.05) is 11.6 Å². The predicted molar refractivity (Wildman–Crippen MR) is 97.8 cm³/mol. The van der Waals surface area contributed by atoms with E-state index in [0.29, 0.717) is 16.7 Å². The van der Waals surface area contributed by atoms with E-state index in [-0.39, 0.29) is 11.2 Å². The number of benzene rings is 2. The van der Waals surface area contributed by atoms with Crippen molar-refractivity contribution in [3.05, 3.63) is 65.2 Å². The first-order chi connectivity index (χ1) is 12.1. The SMILES string of the molecule is C[C@H](Sc1nnnn1-c1cccc(Cl)c1)C(=O)NCc1ccccc1. The Hall–Kier alpha value is -2.38. The standard InChI is InChI=1S/C17H16ClN5OS/c1-12(16(24)19-11-13-6-3-2-4-7-13)25-17-20-21-22-23(17)15-9-5-8-14(18)10-15/h2-10,12H,11H2,1H3,(H,19,24)/t12-/m0/s1. The summed E-state index contributed by atoms with van der Waals surface area (Å²) in [6.45, 7) is 2.31. The highest BCUT2D eigenvalue weighted by Gasteiger charge is 2.19. The van der Waals surface area contributed by atoms with Crippen molar-refractivity contribution in [2.24, 2.45) is 0 Å². The molecule has 0 radical (unpaired) electrons. The van der Waals surface area contributed by atoms with Gasteiger partial charge in [0.15, 0.2) is 0 Å². The molecule has 3 aromatic rings. The number of carbonyl (C=O) groups is 1. The minimum atomic E-state index is -0.340. The molecule has 0 bridgehead atoms. The summed E-state index contributed by atoms with van der Waals surface area (Å²) in [5, 5.41) is 15.4. The monoisotopic (exact) mass is 373 g/mol. The van der Waals surface area contributed by atoms with Crippen LogP contribution in [-0.4, -0.2) is 31.4 Å². The van der Waals surface area contributed by atoms with E-state index < -0.39 is 0 Å². The van der Waals surface area contributed by atoms with Crippen molar-refractivity contribution in [1.82, 2.24) is 25.5 Å². The van der Waals surface area contributed by atoms with Gasteiger partial charge in [0.05, 0.1) is 10.9 Å². The topological polar surface area (TPSA) is 72.7 Å². The van der Waals surface area contributed by atoms with E-state index in [2.05, 4.69) is 20.8 Å². The molecule has 0 aliphatic heterocycles. The van der Waals surface area contributed by atoms with Crippen LogP contribution in [0.25, 0.3) is 5.69 Å². The van der Waals surface area contributed by atoms with Gasteiger partial charge in [0.2, 0.25) is 11.1 Å². The Balaban J connectivity index is 1.64. The minimum absolute atomic E-state index is 0.0745. The molecule has 0 saturated heterocycles. The van der Waals surface area contributed by atoms with E-state index >= 15 is 0 Å². The first-order valence-electron chi connectivity index (χ1n) is 7.66. The van der Waals surface area contributed by atoms with Gasteiger partial charge in [-0.3, -0.25) is 4.79 Å². The Labute approximate surface area is 154 Å². The van der Waals surface area contributed by atoms with E-state index in [0.717, 1.165) is 11.3 Å². The molecular weight excluding hydrogens is 358 g/mol. The van der Waals surface area contributed by atoms with E-state index in [1.807, 2.05) is 49.4 Å². The summed E-state index contributed by atoms with van der Waals surface area (Å²) in [6.07, 6.45) is 0. The lowest BCUT2D eigenvalue weighted by Crippen LogP contribution is -2.30. The van der Waals surface area contributed by atoms with Gasteiger partial charge in [0.1, 0.15) is 0 Å². The average molecular weight is 374 g/mol.